The van der Waals surface area contributed by atoms with Crippen LogP contribution in [0.25, 0.3) is 5.65 Å². The monoisotopic (exact) mass is 390 g/mol. The Hall–Kier alpha value is -2.99. The second-order valence-electron chi connectivity index (χ2n) is 7.85. The van der Waals surface area contributed by atoms with E-state index >= 15 is 0 Å². The van der Waals surface area contributed by atoms with Gasteiger partial charge in [0.2, 0.25) is 0 Å². The number of hydrogen-bond donors (Lipinski definition) is 2. The smallest absolute Gasteiger partial charge is 0.270 e. The Kier molecular flexibility index (Phi) is 5.45. The molecule has 1 atom stereocenters. The minimum absolute atomic E-state index is 0.0676. The number of hydrogen-bond acceptors (Lipinski definition) is 4. The van der Waals surface area contributed by atoms with Crippen molar-refractivity contribution in [1.29, 1.82) is 0 Å². The minimum atomic E-state index is -0.374. The lowest BCUT2D eigenvalue weighted by Gasteiger charge is -2.34. The third-order valence-corrected chi connectivity index (χ3v) is 5.83. The van der Waals surface area contributed by atoms with Gasteiger partial charge in [0.15, 0.2) is 0 Å². The van der Waals surface area contributed by atoms with Gasteiger partial charge in [-0.15, -0.1) is 0 Å². The Bertz CT molecular complexity index is 1060. The van der Waals surface area contributed by atoms with Crippen molar-refractivity contribution < 1.29 is 4.79 Å². The maximum atomic E-state index is 12.8. The summed E-state index contributed by atoms with van der Waals surface area (Å²) in [7, 11) is 0. The lowest BCUT2D eigenvalue weighted by atomic mass is 9.94. The molecule has 1 unspecified atom stereocenters. The average molecular weight is 390 g/mol. The van der Waals surface area contributed by atoms with Gasteiger partial charge in [0.1, 0.15) is 11.2 Å². The molecule has 2 heterocycles. The Morgan fingerprint density at radius 2 is 1.86 bits per heavy atom. The molecule has 150 valence electrons. The summed E-state index contributed by atoms with van der Waals surface area (Å²) in [6.07, 6.45) is 7.26. The van der Waals surface area contributed by atoms with Gasteiger partial charge in [-0.05, 0) is 37.5 Å². The number of fused-ring (bicyclic) bond motifs is 1. The van der Waals surface area contributed by atoms with Crippen molar-refractivity contribution in [3.63, 3.8) is 0 Å². The van der Waals surface area contributed by atoms with Crippen LogP contribution in [0, 0.1) is 0 Å². The second-order valence-corrected chi connectivity index (χ2v) is 7.85. The second kappa shape index (κ2) is 8.17. The number of carbonyl (C=O) groups excluding carboxylic acids is 1. The maximum Gasteiger partial charge on any atom is 0.270 e. The fraction of sp³-hybridized carbons (Fsp3) is 0.348. The number of benzene rings is 1. The standard InChI is InChI=1S/C23H26N4O2/c1-17(18-9-3-2-4-10-18)26-23(12-6-7-13-23)16-25-21(28)19-15-24-20-11-5-8-14-27(20)22(19)29/h2-5,8-11,14-15,17,26H,6-7,12-13,16H2,1H3,(H,25,28). The van der Waals surface area contributed by atoms with E-state index in [0.717, 1.165) is 25.7 Å². The molecule has 29 heavy (non-hydrogen) atoms. The molecule has 1 saturated carbocycles. The normalized spacial score (nSPS) is 16.6. The summed E-state index contributed by atoms with van der Waals surface area (Å²) in [4.78, 5) is 29.7. The zero-order chi connectivity index (χ0) is 20.3. The van der Waals surface area contributed by atoms with Crippen LogP contribution in [-0.4, -0.2) is 27.4 Å². The van der Waals surface area contributed by atoms with Crippen molar-refractivity contribution in [3.05, 3.63) is 82.4 Å². The summed E-state index contributed by atoms with van der Waals surface area (Å²) < 4.78 is 1.40. The molecule has 0 spiro atoms. The van der Waals surface area contributed by atoms with E-state index in [-0.39, 0.29) is 28.6 Å². The minimum Gasteiger partial charge on any atom is -0.350 e. The van der Waals surface area contributed by atoms with Crippen molar-refractivity contribution in [1.82, 2.24) is 20.0 Å². The first-order valence-electron chi connectivity index (χ1n) is 10.2. The van der Waals surface area contributed by atoms with Gasteiger partial charge in [0.05, 0.1) is 0 Å². The van der Waals surface area contributed by atoms with Crippen LogP contribution in [0.5, 0.6) is 0 Å². The fourth-order valence-corrected chi connectivity index (χ4v) is 4.24. The number of nitrogens with zero attached hydrogens (tertiary/aromatic N) is 2. The van der Waals surface area contributed by atoms with Crippen LogP contribution in [0.15, 0.2) is 65.7 Å². The number of aromatic nitrogens is 2. The molecule has 1 aromatic carbocycles. The van der Waals surface area contributed by atoms with E-state index in [1.807, 2.05) is 24.3 Å². The highest BCUT2D eigenvalue weighted by atomic mass is 16.2. The molecular weight excluding hydrogens is 364 g/mol. The Balaban J connectivity index is 1.49. The molecule has 4 rings (SSSR count). The first-order valence-corrected chi connectivity index (χ1v) is 10.2. The number of nitrogens with one attached hydrogen (secondary N) is 2. The number of rotatable bonds is 6. The van der Waals surface area contributed by atoms with E-state index in [1.54, 1.807) is 18.3 Å². The SMILES string of the molecule is CC(NC1(CNC(=O)c2cnc3ccccn3c2=O)CCCC1)c1ccccc1. The molecule has 2 N–H and O–H groups in total. The zero-order valence-corrected chi connectivity index (χ0v) is 16.6. The van der Waals surface area contributed by atoms with Gasteiger partial charge in [0, 0.05) is 30.5 Å². The zero-order valence-electron chi connectivity index (χ0n) is 16.6. The summed E-state index contributed by atoms with van der Waals surface area (Å²) >= 11 is 0. The topological polar surface area (TPSA) is 75.5 Å². The highest BCUT2D eigenvalue weighted by Gasteiger charge is 2.35. The number of carbonyl (C=O) groups is 1. The van der Waals surface area contributed by atoms with Crippen LogP contribution in [0.4, 0.5) is 0 Å². The number of pyridine rings is 1. The van der Waals surface area contributed by atoms with Gasteiger partial charge in [-0.3, -0.25) is 14.0 Å². The van der Waals surface area contributed by atoms with E-state index in [4.69, 9.17) is 0 Å². The fourth-order valence-electron chi connectivity index (χ4n) is 4.24. The largest absolute Gasteiger partial charge is 0.350 e. The number of amides is 1. The molecule has 6 nitrogen and oxygen atoms in total. The van der Waals surface area contributed by atoms with Crippen molar-refractivity contribution in [2.75, 3.05) is 6.54 Å². The van der Waals surface area contributed by atoms with Gasteiger partial charge in [-0.25, -0.2) is 4.98 Å². The molecule has 0 saturated heterocycles. The van der Waals surface area contributed by atoms with Crippen molar-refractivity contribution >= 4 is 11.6 Å². The molecule has 1 amide bonds. The summed E-state index contributed by atoms with van der Waals surface area (Å²) in [5.41, 5.74) is 1.31. The Labute approximate surface area is 170 Å². The highest BCUT2D eigenvalue weighted by Crippen LogP contribution is 2.31. The average Bonchev–Trinajstić information content (AvgIpc) is 3.22. The van der Waals surface area contributed by atoms with Crippen LogP contribution in [0.3, 0.4) is 0 Å². The lowest BCUT2D eigenvalue weighted by Crippen LogP contribution is -2.52. The molecule has 0 aliphatic heterocycles. The van der Waals surface area contributed by atoms with Gasteiger partial charge < -0.3 is 10.6 Å². The molecular formula is C23H26N4O2. The molecule has 2 aromatic heterocycles. The first-order chi connectivity index (χ1) is 14.1. The predicted octanol–water partition coefficient (Wildman–Crippen LogP) is 3.09. The first kappa shape index (κ1) is 19.3. The Morgan fingerprint density at radius 3 is 2.62 bits per heavy atom. The van der Waals surface area contributed by atoms with Crippen molar-refractivity contribution in [3.8, 4) is 0 Å². The lowest BCUT2D eigenvalue weighted by molar-refractivity contribution is 0.0934. The van der Waals surface area contributed by atoms with Crippen LogP contribution < -0.4 is 16.2 Å². The summed E-state index contributed by atoms with van der Waals surface area (Å²) in [5, 5.41) is 6.74. The third-order valence-electron chi connectivity index (χ3n) is 5.83. The summed E-state index contributed by atoms with van der Waals surface area (Å²) in [5.74, 6) is -0.374. The van der Waals surface area contributed by atoms with E-state index in [9.17, 15) is 9.59 Å². The van der Waals surface area contributed by atoms with E-state index < -0.39 is 0 Å². The molecule has 0 bridgehead atoms. The molecule has 1 fully saturated rings. The highest BCUT2D eigenvalue weighted by molar-refractivity contribution is 5.93. The van der Waals surface area contributed by atoms with Gasteiger partial charge in [-0.1, -0.05) is 49.2 Å². The van der Waals surface area contributed by atoms with Gasteiger partial charge >= 0.3 is 0 Å². The predicted molar refractivity (Wildman–Crippen MR) is 113 cm³/mol. The molecule has 1 aliphatic rings. The molecule has 0 radical (unpaired) electrons. The van der Waals surface area contributed by atoms with E-state index in [2.05, 4.69) is 34.7 Å². The van der Waals surface area contributed by atoms with E-state index in [0.29, 0.717) is 12.2 Å². The summed E-state index contributed by atoms with van der Waals surface area (Å²) in [6, 6.07) is 15.8. The molecule has 3 aromatic rings. The van der Waals surface area contributed by atoms with Crippen molar-refractivity contribution in [2.45, 2.75) is 44.2 Å². The van der Waals surface area contributed by atoms with E-state index in [1.165, 1.54) is 16.2 Å². The van der Waals surface area contributed by atoms with Gasteiger partial charge in [0.25, 0.3) is 11.5 Å². The third kappa shape index (κ3) is 4.07. The van der Waals surface area contributed by atoms with Crippen LogP contribution in [0.2, 0.25) is 0 Å². The van der Waals surface area contributed by atoms with Crippen LogP contribution in [0.1, 0.15) is 54.6 Å². The molecule has 1 aliphatic carbocycles. The van der Waals surface area contributed by atoms with Crippen LogP contribution >= 0.6 is 0 Å². The quantitative estimate of drug-likeness (QED) is 0.678. The molecule has 6 heteroatoms. The van der Waals surface area contributed by atoms with Crippen molar-refractivity contribution in [2.24, 2.45) is 0 Å². The van der Waals surface area contributed by atoms with Crippen LogP contribution in [-0.2, 0) is 0 Å². The Morgan fingerprint density at radius 1 is 1.14 bits per heavy atom. The van der Waals surface area contributed by atoms with Gasteiger partial charge in [-0.2, -0.15) is 0 Å². The summed E-state index contributed by atoms with van der Waals surface area (Å²) in [6.45, 7) is 2.64. The maximum absolute atomic E-state index is 12.8.